The second-order valence-electron chi connectivity index (χ2n) is 7.51. The molecule has 132 valence electrons. The molecule has 2 fully saturated rings. The predicted octanol–water partition coefficient (Wildman–Crippen LogP) is 2.67. The van der Waals surface area contributed by atoms with Crippen LogP contribution in [-0.4, -0.2) is 55.0 Å². The van der Waals surface area contributed by atoms with Crippen molar-refractivity contribution < 1.29 is 4.79 Å². The third kappa shape index (κ3) is 4.37. The maximum atomic E-state index is 11.3. The van der Waals surface area contributed by atoms with Gasteiger partial charge in [0.05, 0.1) is 0 Å². The molecule has 2 aliphatic rings. The van der Waals surface area contributed by atoms with Gasteiger partial charge in [-0.05, 0) is 44.2 Å². The molecule has 1 aliphatic carbocycles. The van der Waals surface area contributed by atoms with Crippen molar-refractivity contribution in [3.8, 4) is 0 Å². The summed E-state index contributed by atoms with van der Waals surface area (Å²) >= 11 is 0. The zero-order chi connectivity index (χ0) is 16.9. The van der Waals surface area contributed by atoms with Crippen LogP contribution in [0.4, 0.5) is 0 Å². The predicted molar refractivity (Wildman–Crippen MR) is 97.8 cm³/mol. The van der Waals surface area contributed by atoms with Crippen molar-refractivity contribution in [2.24, 2.45) is 5.92 Å². The lowest BCUT2D eigenvalue weighted by Gasteiger charge is -2.44. The molecule has 0 bridgehead atoms. The van der Waals surface area contributed by atoms with Crippen LogP contribution < -0.4 is 5.32 Å². The second kappa shape index (κ2) is 8.13. The van der Waals surface area contributed by atoms with Gasteiger partial charge in [-0.2, -0.15) is 0 Å². The number of piperazine rings is 1. The van der Waals surface area contributed by atoms with Gasteiger partial charge in [-0.25, -0.2) is 0 Å². The van der Waals surface area contributed by atoms with E-state index >= 15 is 0 Å². The Morgan fingerprint density at radius 2 is 1.67 bits per heavy atom. The highest BCUT2D eigenvalue weighted by atomic mass is 16.1. The molecule has 1 heterocycles. The molecule has 3 rings (SSSR count). The number of carbonyl (C=O) groups is 1. The Hall–Kier alpha value is -1.39. The van der Waals surface area contributed by atoms with E-state index in [1.54, 1.807) is 6.92 Å². The Labute approximate surface area is 146 Å². The van der Waals surface area contributed by atoms with E-state index in [0.29, 0.717) is 18.0 Å². The fourth-order valence-electron chi connectivity index (χ4n) is 4.40. The molecular weight excluding hydrogens is 298 g/mol. The Balaban J connectivity index is 1.70. The lowest BCUT2D eigenvalue weighted by Crippen LogP contribution is -2.48. The van der Waals surface area contributed by atoms with Crippen LogP contribution in [0.3, 0.4) is 0 Å². The number of benzene rings is 1. The van der Waals surface area contributed by atoms with Crippen LogP contribution in [0.5, 0.6) is 0 Å². The van der Waals surface area contributed by atoms with Crippen LogP contribution in [0.15, 0.2) is 30.3 Å². The molecule has 1 unspecified atom stereocenters. The summed E-state index contributed by atoms with van der Waals surface area (Å²) in [5.41, 5.74) is 1.46. The van der Waals surface area contributed by atoms with Crippen molar-refractivity contribution >= 4 is 5.91 Å². The summed E-state index contributed by atoms with van der Waals surface area (Å²) < 4.78 is 0. The summed E-state index contributed by atoms with van der Waals surface area (Å²) in [5.74, 6) is 0.804. The van der Waals surface area contributed by atoms with Gasteiger partial charge in [0.2, 0.25) is 5.91 Å². The molecule has 1 atom stereocenters. The van der Waals surface area contributed by atoms with E-state index in [0.717, 1.165) is 39.0 Å². The SMILES string of the molecule is CC(=O)NC1CCC(C(c2ccccc2)N2CCN(C)CC2)CC1. The normalized spacial score (nSPS) is 27.6. The van der Waals surface area contributed by atoms with Gasteiger partial charge in [0.1, 0.15) is 0 Å². The van der Waals surface area contributed by atoms with Gasteiger partial charge in [-0.3, -0.25) is 9.69 Å². The topological polar surface area (TPSA) is 35.6 Å². The molecule has 4 heteroatoms. The van der Waals surface area contributed by atoms with Crippen molar-refractivity contribution in [2.45, 2.75) is 44.7 Å². The smallest absolute Gasteiger partial charge is 0.217 e. The van der Waals surface area contributed by atoms with Crippen LogP contribution in [0, 0.1) is 5.92 Å². The number of amides is 1. The number of rotatable bonds is 4. The van der Waals surface area contributed by atoms with Crippen LogP contribution in [0.25, 0.3) is 0 Å². The van der Waals surface area contributed by atoms with Crippen molar-refractivity contribution in [2.75, 3.05) is 33.2 Å². The molecule has 0 radical (unpaired) electrons. The number of carbonyl (C=O) groups excluding carboxylic acids is 1. The lowest BCUT2D eigenvalue weighted by atomic mass is 9.78. The van der Waals surface area contributed by atoms with Gasteiger partial charge in [-0.1, -0.05) is 30.3 Å². The van der Waals surface area contributed by atoms with E-state index in [1.807, 2.05) is 0 Å². The van der Waals surface area contributed by atoms with Crippen LogP contribution in [-0.2, 0) is 4.79 Å². The van der Waals surface area contributed by atoms with Gasteiger partial charge in [-0.15, -0.1) is 0 Å². The maximum Gasteiger partial charge on any atom is 0.217 e. The average molecular weight is 329 g/mol. The Morgan fingerprint density at radius 1 is 1.04 bits per heavy atom. The van der Waals surface area contributed by atoms with E-state index in [9.17, 15) is 4.79 Å². The molecule has 1 amide bonds. The molecule has 1 saturated heterocycles. The molecule has 1 aromatic rings. The molecule has 1 aliphatic heterocycles. The summed E-state index contributed by atoms with van der Waals surface area (Å²) in [6.07, 6.45) is 4.64. The van der Waals surface area contributed by atoms with Gasteiger partial charge in [0.25, 0.3) is 0 Å². The van der Waals surface area contributed by atoms with E-state index in [-0.39, 0.29) is 5.91 Å². The molecule has 1 saturated carbocycles. The van der Waals surface area contributed by atoms with E-state index < -0.39 is 0 Å². The quantitative estimate of drug-likeness (QED) is 0.922. The Bertz CT molecular complexity index is 517. The van der Waals surface area contributed by atoms with Crippen molar-refractivity contribution in [3.63, 3.8) is 0 Å². The molecule has 1 aromatic carbocycles. The van der Waals surface area contributed by atoms with Crippen LogP contribution >= 0.6 is 0 Å². The van der Waals surface area contributed by atoms with Crippen molar-refractivity contribution in [1.82, 2.24) is 15.1 Å². The van der Waals surface area contributed by atoms with Crippen LogP contribution in [0.1, 0.15) is 44.2 Å². The maximum absolute atomic E-state index is 11.3. The van der Waals surface area contributed by atoms with E-state index in [4.69, 9.17) is 0 Å². The highest BCUT2D eigenvalue weighted by molar-refractivity contribution is 5.73. The number of likely N-dealkylation sites (N-methyl/N-ethyl adjacent to an activating group) is 1. The summed E-state index contributed by atoms with van der Waals surface area (Å²) in [6.45, 7) is 6.25. The van der Waals surface area contributed by atoms with Gasteiger partial charge < -0.3 is 10.2 Å². The van der Waals surface area contributed by atoms with Gasteiger partial charge in [0.15, 0.2) is 0 Å². The van der Waals surface area contributed by atoms with Gasteiger partial charge in [0, 0.05) is 45.2 Å². The zero-order valence-electron chi connectivity index (χ0n) is 15.1. The van der Waals surface area contributed by atoms with E-state index in [2.05, 4.69) is 52.5 Å². The Morgan fingerprint density at radius 3 is 2.25 bits per heavy atom. The molecule has 4 nitrogen and oxygen atoms in total. The van der Waals surface area contributed by atoms with E-state index in [1.165, 1.54) is 18.4 Å². The first-order valence-electron chi connectivity index (χ1n) is 9.38. The minimum absolute atomic E-state index is 0.108. The zero-order valence-corrected chi connectivity index (χ0v) is 15.1. The first kappa shape index (κ1) is 17.4. The molecular formula is C20H31N3O. The first-order valence-corrected chi connectivity index (χ1v) is 9.38. The summed E-state index contributed by atoms with van der Waals surface area (Å²) in [6, 6.07) is 11.9. The molecule has 24 heavy (non-hydrogen) atoms. The summed E-state index contributed by atoms with van der Waals surface area (Å²) in [4.78, 5) is 16.4. The van der Waals surface area contributed by atoms with Crippen molar-refractivity contribution in [1.29, 1.82) is 0 Å². The fourth-order valence-corrected chi connectivity index (χ4v) is 4.40. The largest absolute Gasteiger partial charge is 0.354 e. The average Bonchev–Trinajstić information content (AvgIpc) is 2.59. The summed E-state index contributed by atoms with van der Waals surface area (Å²) in [5, 5.41) is 3.11. The minimum Gasteiger partial charge on any atom is -0.354 e. The first-order chi connectivity index (χ1) is 11.6. The van der Waals surface area contributed by atoms with Gasteiger partial charge >= 0.3 is 0 Å². The third-order valence-corrected chi connectivity index (χ3v) is 5.70. The third-order valence-electron chi connectivity index (χ3n) is 5.70. The fraction of sp³-hybridized carbons (Fsp3) is 0.650. The second-order valence-corrected chi connectivity index (χ2v) is 7.51. The highest BCUT2D eigenvalue weighted by Crippen LogP contribution is 2.38. The molecule has 0 aromatic heterocycles. The van der Waals surface area contributed by atoms with Crippen LogP contribution in [0.2, 0.25) is 0 Å². The lowest BCUT2D eigenvalue weighted by molar-refractivity contribution is -0.120. The number of nitrogens with zero attached hydrogens (tertiary/aromatic N) is 2. The standard InChI is InChI=1S/C20H31N3O/c1-16(24)21-19-10-8-18(9-11-19)20(17-6-4-3-5-7-17)23-14-12-22(2)13-15-23/h3-7,18-20H,8-15H2,1-2H3,(H,21,24). The summed E-state index contributed by atoms with van der Waals surface area (Å²) in [7, 11) is 2.22. The molecule has 1 N–H and O–H groups in total. The number of hydrogen-bond donors (Lipinski definition) is 1. The number of nitrogens with one attached hydrogen (secondary N) is 1. The highest BCUT2D eigenvalue weighted by Gasteiger charge is 2.33. The monoisotopic (exact) mass is 329 g/mol. The Kier molecular flexibility index (Phi) is 5.90. The number of hydrogen-bond acceptors (Lipinski definition) is 3. The molecule has 0 spiro atoms. The minimum atomic E-state index is 0.108. The van der Waals surface area contributed by atoms with Crippen molar-refractivity contribution in [3.05, 3.63) is 35.9 Å².